The second kappa shape index (κ2) is 4.98. The Balaban J connectivity index is 1.59. The van der Waals surface area contributed by atoms with Crippen LogP contribution in [0.15, 0.2) is 18.3 Å². The Morgan fingerprint density at radius 1 is 1.16 bits per heavy atom. The molecule has 0 aromatic carbocycles. The van der Waals surface area contributed by atoms with E-state index in [-0.39, 0.29) is 22.7 Å². The van der Waals surface area contributed by atoms with Gasteiger partial charge in [0.25, 0.3) is 0 Å². The second-order valence-electron chi connectivity index (χ2n) is 9.74. The summed E-state index contributed by atoms with van der Waals surface area (Å²) in [5, 5.41) is 29.6. The molecule has 4 heteroatoms. The molecule has 5 unspecified atom stereocenters. The molecule has 136 valence electrons. The molecule has 1 aromatic heterocycles. The number of H-pyrrole nitrogens is 1. The number of fused-ring (bicyclic) bond motifs is 6. The maximum atomic E-state index is 11.2. The van der Waals surface area contributed by atoms with Crippen LogP contribution in [0, 0.1) is 34.5 Å². The first-order valence-electron chi connectivity index (χ1n) is 9.92. The molecule has 8 atom stereocenters. The largest absolute Gasteiger partial charge is 0.390 e. The second-order valence-corrected chi connectivity index (χ2v) is 9.74. The van der Waals surface area contributed by atoms with Crippen LogP contribution in [-0.2, 0) is 12.8 Å². The Labute approximate surface area is 149 Å². The summed E-state index contributed by atoms with van der Waals surface area (Å²) in [6, 6.07) is 0. The van der Waals surface area contributed by atoms with E-state index in [1.54, 1.807) is 0 Å². The predicted molar refractivity (Wildman–Crippen MR) is 95.8 cm³/mol. The number of aromatic amines is 1. The highest BCUT2D eigenvalue weighted by molar-refractivity contribution is 5.29. The number of aliphatic hydroxyl groups excluding tert-OH is 2. The minimum atomic E-state index is -0.640. The number of allylic oxidation sites excluding steroid dienone is 1. The highest BCUT2D eigenvalue weighted by Gasteiger charge is 2.63. The minimum Gasteiger partial charge on any atom is -0.390 e. The van der Waals surface area contributed by atoms with E-state index in [0.717, 1.165) is 37.8 Å². The molecule has 3 fully saturated rings. The minimum absolute atomic E-state index is 0.0471. The van der Waals surface area contributed by atoms with Crippen LogP contribution in [0.5, 0.6) is 0 Å². The first-order valence-corrected chi connectivity index (χ1v) is 9.92. The Hall–Kier alpha value is -1.13. The SMILES string of the molecule is C=C1CCC2C3C(O)[C@H](O)C4Cc5[nH]ncc5C[C@]4(C)C3CC[C@]12C. The van der Waals surface area contributed by atoms with Crippen LogP contribution >= 0.6 is 0 Å². The lowest BCUT2D eigenvalue weighted by Crippen LogP contribution is -2.64. The molecule has 4 aliphatic rings. The fraction of sp³-hybridized carbons (Fsp3) is 0.762. The molecule has 4 nitrogen and oxygen atoms in total. The monoisotopic (exact) mass is 342 g/mol. The van der Waals surface area contributed by atoms with Crippen molar-refractivity contribution in [1.29, 1.82) is 0 Å². The zero-order chi connectivity index (χ0) is 17.6. The van der Waals surface area contributed by atoms with Gasteiger partial charge < -0.3 is 10.2 Å². The van der Waals surface area contributed by atoms with Gasteiger partial charge in [0, 0.05) is 5.69 Å². The number of hydrogen-bond donors (Lipinski definition) is 3. The first kappa shape index (κ1) is 16.1. The van der Waals surface area contributed by atoms with Crippen molar-refractivity contribution in [2.45, 2.75) is 64.6 Å². The highest BCUT2D eigenvalue weighted by atomic mass is 16.3. The maximum Gasteiger partial charge on any atom is 0.0839 e. The highest BCUT2D eigenvalue weighted by Crippen LogP contribution is 2.66. The first-order chi connectivity index (χ1) is 11.9. The summed E-state index contributed by atoms with van der Waals surface area (Å²) in [5.74, 6) is 1.25. The number of hydrogen-bond acceptors (Lipinski definition) is 3. The summed E-state index contributed by atoms with van der Waals surface area (Å²) in [5.41, 5.74) is 4.03. The van der Waals surface area contributed by atoms with E-state index in [2.05, 4.69) is 30.6 Å². The molecule has 3 saturated carbocycles. The number of rotatable bonds is 0. The quantitative estimate of drug-likeness (QED) is 0.635. The van der Waals surface area contributed by atoms with Crippen molar-refractivity contribution in [1.82, 2.24) is 10.2 Å². The summed E-state index contributed by atoms with van der Waals surface area (Å²) >= 11 is 0. The molecule has 25 heavy (non-hydrogen) atoms. The standard InChI is InChI=1S/C21H30N2O2/c1-11-4-5-13-17-14(6-7-20(11,13)2)21(3)9-12-10-22-23-16(12)8-15(21)18(24)19(17)25/h10,13-15,17-19,24-25H,1,4-9H2,2-3H3,(H,22,23)/t13?,14?,15?,17?,18-,19?,20-,21-/m1/s1. The van der Waals surface area contributed by atoms with E-state index in [0.29, 0.717) is 11.8 Å². The zero-order valence-corrected chi connectivity index (χ0v) is 15.3. The Kier molecular flexibility index (Phi) is 3.20. The van der Waals surface area contributed by atoms with Crippen molar-refractivity contribution in [2.75, 3.05) is 0 Å². The van der Waals surface area contributed by atoms with Crippen LogP contribution in [0.25, 0.3) is 0 Å². The normalized spacial score (nSPS) is 51.4. The van der Waals surface area contributed by atoms with Crippen molar-refractivity contribution < 1.29 is 10.2 Å². The van der Waals surface area contributed by atoms with Crippen molar-refractivity contribution in [3.63, 3.8) is 0 Å². The van der Waals surface area contributed by atoms with Crippen LogP contribution in [0.4, 0.5) is 0 Å². The molecule has 0 aliphatic heterocycles. The van der Waals surface area contributed by atoms with Crippen LogP contribution in [0.1, 0.15) is 50.8 Å². The van der Waals surface area contributed by atoms with Gasteiger partial charge >= 0.3 is 0 Å². The Morgan fingerprint density at radius 3 is 2.76 bits per heavy atom. The Morgan fingerprint density at radius 2 is 1.96 bits per heavy atom. The molecule has 1 aromatic rings. The molecule has 1 heterocycles. The molecule has 0 saturated heterocycles. The molecule has 4 aliphatic carbocycles. The number of aliphatic hydroxyl groups is 2. The van der Waals surface area contributed by atoms with Gasteiger partial charge in [0.05, 0.1) is 18.4 Å². The number of nitrogens with zero attached hydrogens (tertiary/aromatic N) is 1. The fourth-order valence-corrected chi connectivity index (χ4v) is 7.39. The van der Waals surface area contributed by atoms with Crippen molar-refractivity contribution >= 4 is 0 Å². The number of nitrogens with one attached hydrogen (secondary N) is 1. The van der Waals surface area contributed by atoms with E-state index >= 15 is 0 Å². The van der Waals surface area contributed by atoms with Gasteiger partial charge in [0.1, 0.15) is 0 Å². The fourth-order valence-electron chi connectivity index (χ4n) is 7.39. The molecular weight excluding hydrogens is 312 g/mol. The third-order valence-corrected chi connectivity index (χ3v) is 8.94. The smallest absolute Gasteiger partial charge is 0.0839 e. The third-order valence-electron chi connectivity index (χ3n) is 8.94. The molecule has 0 radical (unpaired) electrons. The molecule has 0 spiro atoms. The van der Waals surface area contributed by atoms with Gasteiger partial charge in [0.15, 0.2) is 0 Å². The van der Waals surface area contributed by atoms with E-state index in [9.17, 15) is 10.2 Å². The molecular formula is C21H30N2O2. The average molecular weight is 342 g/mol. The predicted octanol–water partition coefficient (Wildman–Crippen LogP) is 2.86. The van der Waals surface area contributed by atoms with Crippen molar-refractivity contribution in [2.24, 2.45) is 34.5 Å². The van der Waals surface area contributed by atoms with Crippen molar-refractivity contribution in [3.05, 3.63) is 29.6 Å². The third kappa shape index (κ3) is 1.88. The summed E-state index contributed by atoms with van der Waals surface area (Å²) in [7, 11) is 0. The summed E-state index contributed by atoms with van der Waals surface area (Å²) in [6.07, 6.45) is 7.02. The summed E-state index contributed by atoms with van der Waals surface area (Å²) in [6.45, 7) is 9.08. The van der Waals surface area contributed by atoms with E-state index in [1.165, 1.54) is 17.6 Å². The molecule has 5 rings (SSSR count). The summed E-state index contributed by atoms with van der Waals surface area (Å²) < 4.78 is 0. The van der Waals surface area contributed by atoms with E-state index in [1.807, 2.05) is 6.20 Å². The van der Waals surface area contributed by atoms with Gasteiger partial charge in [-0.25, -0.2) is 0 Å². The molecule has 0 amide bonds. The van der Waals surface area contributed by atoms with Gasteiger partial charge in [-0.3, -0.25) is 5.10 Å². The van der Waals surface area contributed by atoms with Crippen LogP contribution < -0.4 is 0 Å². The van der Waals surface area contributed by atoms with Crippen molar-refractivity contribution in [3.8, 4) is 0 Å². The lowest BCUT2D eigenvalue weighted by atomic mass is 9.44. The van der Waals surface area contributed by atoms with Gasteiger partial charge in [-0.15, -0.1) is 0 Å². The lowest BCUT2D eigenvalue weighted by Gasteiger charge is -2.62. The summed E-state index contributed by atoms with van der Waals surface area (Å²) in [4.78, 5) is 0. The Bertz CT molecular complexity index is 727. The number of aromatic nitrogens is 2. The molecule has 3 N–H and O–H groups in total. The topological polar surface area (TPSA) is 69.1 Å². The average Bonchev–Trinajstić information content (AvgIpc) is 3.15. The van der Waals surface area contributed by atoms with Gasteiger partial charge in [-0.2, -0.15) is 5.10 Å². The molecule has 0 bridgehead atoms. The lowest BCUT2D eigenvalue weighted by molar-refractivity contribution is -0.201. The maximum absolute atomic E-state index is 11.2. The van der Waals surface area contributed by atoms with E-state index in [4.69, 9.17) is 0 Å². The van der Waals surface area contributed by atoms with Crippen LogP contribution in [-0.4, -0.2) is 32.6 Å². The van der Waals surface area contributed by atoms with E-state index < -0.39 is 12.2 Å². The van der Waals surface area contributed by atoms with Gasteiger partial charge in [0.2, 0.25) is 0 Å². The van der Waals surface area contributed by atoms with Crippen LogP contribution in [0.2, 0.25) is 0 Å². The van der Waals surface area contributed by atoms with Gasteiger partial charge in [-0.05, 0) is 78.6 Å². The van der Waals surface area contributed by atoms with Crippen LogP contribution in [0.3, 0.4) is 0 Å². The van der Waals surface area contributed by atoms with Gasteiger partial charge in [-0.1, -0.05) is 26.0 Å². The zero-order valence-electron chi connectivity index (χ0n) is 15.3.